The number of aliphatic hydroxyl groups excluding tert-OH is 1. The normalized spacial score (nSPS) is 17.7. The number of Topliss-reactive ketones (excluding diaryl/α,β-unsaturated/α-hetero) is 1. The molecule has 31 heavy (non-hydrogen) atoms. The Morgan fingerprint density at radius 1 is 1.23 bits per heavy atom. The maximum absolute atomic E-state index is 13.0. The highest BCUT2D eigenvalue weighted by atomic mass is 79.9. The Kier molecular flexibility index (Phi) is 7.65. The highest BCUT2D eigenvalue weighted by Gasteiger charge is 2.45. The van der Waals surface area contributed by atoms with Crippen LogP contribution in [-0.4, -0.2) is 48.6 Å². The summed E-state index contributed by atoms with van der Waals surface area (Å²) in [6.45, 7) is 4.76. The van der Waals surface area contributed by atoms with Crippen molar-refractivity contribution in [3.63, 3.8) is 0 Å². The molecule has 0 saturated carbocycles. The van der Waals surface area contributed by atoms with E-state index in [2.05, 4.69) is 22.5 Å². The zero-order chi connectivity index (χ0) is 22.4. The van der Waals surface area contributed by atoms with Crippen molar-refractivity contribution in [3.8, 4) is 5.75 Å². The van der Waals surface area contributed by atoms with Gasteiger partial charge in [0.2, 0.25) is 0 Å². The number of carbonyl (C=O) groups is 2. The second kappa shape index (κ2) is 10.4. The lowest BCUT2D eigenvalue weighted by Gasteiger charge is -2.25. The molecule has 162 valence electrons. The summed E-state index contributed by atoms with van der Waals surface area (Å²) < 4.78 is 11.4. The Labute approximate surface area is 189 Å². The average molecular weight is 486 g/mol. The molecule has 2 aromatic rings. The summed E-state index contributed by atoms with van der Waals surface area (Å²) in [4.78, 5) is 27.3. The van der Waals surface area contributed by atoms with Crippen LogP contribution in [0.2, 0.25) is 0 Å². The Balaban J connectivity index is 2.04. The maximum atomic E-state index is 13.0. The molecule has 2 aromatic carbocycles. The number of carbonyl (C=O) groups excluding carboxylic acids is 2. The molecule has 1 aliphatic rings. The number of likely N-dealkylation sites (tertiary alicyclic amines) is 1. The van der Waals surface area contributed by atoms with Crippen molar-refractivity contribution in [3.05, 3.63) is 82.4 Å². The van der Waals surface area contributed by atoms with E-state index in [0.29, 0.717) is 37.5 Å². The molecule has 6 nitrogen and oxygen atoms in total. The molecule has 1 unspecified atom stereocenters. The van der Waals surface area contributed by atoms with E-state index in [4.69, 9.17) is 9.47 Å². The number of ketones is 1. The summed E-state index contributed by atoms with van der Waals surface area (Å²) in [5.74, 6) is -0.937. The van der Waals surface area contributed by atoms with Crippen molar-refractivity contribution in [1.29, 1.82) is 0 Å². The summed E-state index contributed by atoms with van der Waals surface area (Å²) in [5, 5.41) is 11.1. The molecule has 0 spiro atoms. The molecule has 0 aromatic heterocycles. The van der Waals surface area contributed by atoms with Gasteiger partial charge in [0, 0.05) is 30.3 Å². The van der Waals surface area contributed by atoms with Gasteiger partial charge in [-0.3, -0.25) is 9.59 Å². The lowest BCUT2D eigenvalue weighted by atomic mass is 9.95. The average Bonchev–Trinajstić information content (AvgIpc) is 3.03. The molecular formula is C24H24BrNO5. The van der Waals surface area contributed by atoms with E-state index >= 15 is 0 Å². The van der Waals surface area contributed by atoms with Crippen LogP contribution in [0.25, 0.3) is 5.76 Å². The van der Waals surface area contributed by atoms with E-state index in [1.807, 2.05) is 24.3 Å². The number of hydrogen-bond donors (Lipinski definition) is 1. The fraction of sp³-hybridized carbons (Fsp3) is 0.250. The molecule has 0 radical (unpaired) electrons. The molecule has 3 rings (SSSR count). The number of benzene rings is 2. The maximum Gasteiger partial charge on any atom is 0.295 e. The minimum atomic E-state index is -0.702. The van der Waals surface area contributed by atoms with Crippen molar-refractivity contribution in [2.75, 3.05) is 26.9 Å². The molecule has 1 fully saturated rings. The highest BCUT2D eigenvalue weighted by molar-refractivity contribution is 9.10. The monoisotopic (exact) mass is 485 g/mol. The molecule has 1 amide bonds. The fourth-order valence-electron chi connectivity index (χ4n) is 3.53. The Morgan fingerprint density at radius 2 is 1.97 bits per heavy atom. The van der Waals surface area contributed by atoms with Gasteiger partial charge in [0.05, 0.1) is 11.6 Å². The zero-order valence-electron chi connectivity index (χ0n) is 17.2. The highest BCUT2D eigenvalue weighted by Crippen LogP contribution is 2.40. The molecule has 0 aliphatic carbocycles. The van der Waals surface area contributed by atoms with Crippen LogP contribution in [0.4, 0.5) is 0 Å². The van der Waals surface area contributed by atoms with Gasteiger partial charge in [-0.15, -0.1) is 0 Å². The molecule has 1 N–H and O–H groups in total. The number of nitrogens with zero attached hydrogens (tertiary/aromatic N) is 1. The molecule has 1 heterocycles. The van der Waals surface area contributed by atoms with Gasteiger partial charge in [0.15, 0.2) is 0 Å². The fourth-order valence-corrected chi connectivity index (χ4v) is 3.95. The van der Waals surface area contributed by atoms with Crippen LogP contribution >= 0.6 is 15.9 Å². The third-order valence-corrected chi connectivity index (χ3v) is 5.44. The van der Waals surface area contributed by atoms with Crippen LogP contribution in [0.1, 0.15) is 23.6 Å². The van der Waals surface area contributed by atoms with E-state index in [-0.39, 0.29) is 11.3 Å². The van der Waals surface area contributed by atoms with Crippen molar-refractivity contribution >= 4 is 33.4 Å². The van der Waals surface area contributed by atoms with Crippen LogP contribution < -0.4 is 4.74 Å². The second-order valence-electron chi connectivity index (χ2n) is 7.02. The van der Waals surface area contributed by atoms with Gasteiger partial charge in [0.1, 0.15) is 18.1 Å². The van der Waals surface area contributed by atoms with Crippen molar-refractivity contribution in [2.24, 2.45) is 0 Å². The van der Waals surface area contributed by atoms with Gasteiger partial charge in [-0.05, 0) is 48.4 Å². The SMILES string of the molecule is C=CCOc1ccc(/C(O)=C2\C(=O)C(=O)N(CCCOC)C2c2cccc(Br)c2)cc1. The molecule has 0 bridgehead atoms. The smallest absolute Gasteiger partial charge is 0.295 e. The van der Waals surface area contributed by atoms with Crippen LogP contribution in [0.5, 0.6) is 5.75 Å². The lowest BCUT2D eigenvalue weighted by molar-refractivity contribution is -0.140. The zero-order valence-corrected chi connectivity index (χ0v) is 18.8. The Bertz CT molecular complexity index is 999. The first kappa shape index (κ1) is 22.8. The first-order chi connectivity index (χ1) is 15.0. The molecule has 1 aliphatic heterocycles. The molecule has 1 saturated heterocycles. The number of hydrogen-bond acceptors (Lipinski definition) is 5. The van der Waals surface area contributed by atoms with Crippen LogP contribution in [0, 0.1) is 0 Å². The van der Waals surface area contributed by atoms with Gasteiger partial charge in [0.25, 0.3) is 11.7 Å². The first-order valence-corrected chi connectivity index (χ1v) is 10.6. The second-order valence-corrected chi connectivity index (χ2v) is 7.93. The van der Waals surface area contributed by atoms with Crippen LogP contribution in [0.3, 0.4) is 0 Å². The summed E-state index contributed by atoms with van der Waals surface area (Å²) in [6.07, 6.45) is 2.21. The predicted molar refractivity (Wildman–Crippen MR) is 122 cm³/mol. The van der Waals surface area contributed by atoms with E-state index in [0.717, 1.165) is 10.0 Å². The number of rotatable bonds is 9. The predicted octanol–water partition coefficient (Wildman–Crippen LogP) is 4.47. The largest absolute Gasteiger partial charge is 0.507 e. The van der Waals surface area contributed by atoms with E-state index in [1.165, 1.54) is 4.90 Å². The van der Waals surface area contributed by atoms with E-state index in [1.54, 1.807) is 37.5 Å². The summed E-state index contributed by atoms with van der Waals surface area (Å²) >= 11 is 3.45. The number of aliphatic hydroxyl groups is 1. The third-order valence-electron chi connectivity index (χ3n) is 4.95. The van der Waals surface area contributed by atoms with E-state index in [9.17, 15) is 14.7 Å². The Hall–Kier alpha value is -2.90. The summed E-state index contributed by atoms with van der Waals surface area (Å²) in [5.41, 5.74) is 1.24. The number of methoxy groups -OCH3 is 1. The molecule has 1 atom stereocenters. The number of halogens is 1. The van der Waals surface area contributed by atoms with E-state index < -0.39 is 17.7 Å². The van der Waals surface area contributed by atoms with Gasteiger partial charge in [-0.25, -0.2) is 0 Å². The van der Waals surface area contributed by atoms with Crippen LogP contribution in [-0.2, 0) is 14.3 Å². The standard InChI is InChI=1S/C24H24BrNO5/c1-3-13-31-19-10-8-16(9-11-19)22(27)20-21(17-6-4-7-18(25)15-17)26(12-5-14-30-2)24(29)23(20)28/h3-4,6-11,15,21,27H,1,5,12-14H2,2H3/b22-20+. The van der Waals surface area contributed by atoms with Gasteiger partial charge in [-0.2, -0.15) is 0 Å². The summed E-state index contributed by atoms with van der Waals surface area (Å²) in [6, 6.07) is 13.4. The van der Waals surface area contributed by atoms with Gasteiger partial charge >= 0.3 is 0 Å². The number of ether oxygens (including phenoxy) is 2. The summed E-state index contributed by atoms with van der Waals surface area (Å²) in [7, 11) is 1.59. The third kappa shape index (κ3) is 5.06. The topological polar surface area (TPSA) is 76.1 Å². The minimum Gasteiger partial charge on any atom is -0.507 e. The van der Waals surface area contributed by atoms with Gasteiger partial charge < -0.3 is 19.5 Å². The van der Waals surface area contributed by atoms with Gasteiger partial charge in [-0.1, -0.05) is 40.7 Å². The van der Waals surface area contributed by atoms with Crippen molar-refractivity contribution in [2.45, 2.75) is 12.5 Å². The Morgan fingerprint density at radius 3 is 2.61 bits per heavy atom. The molecular weight excluding hydrogens is 462 g/mol. The van der Waals surface area contributed by atoms with Crippen LogP contribution in [0.15, 0.2) is 71.2 Å². The first-order valence-electron chi connectivity index (χ1n) is 9.85. The van der Waals surface area contributed by atoms with Crippen molar-refractivity contribution < 1.29 is 24.2 Å². The quantitative estimate of drug-likeness (QED) is 0.186. The minimum absolute atomic E-state index is 0.0697. The number of amides is 1. The molecule has 7 heteroatoms. The van der Waals surface area contributed by atoms with Crippen molar-refractivity contribution in [1.82, 2.24) is 4.90 Å². The lowest BCUT2D eigenvalue weighted by Crippen LogP contribution is -2.31.